The van der Waals surface area contributed by atoms with E-state index in [4.69, 9.17) is 30.4 Å². The van der Waals surface area contributed by atoms with Crippen LogP contribution in [0.2, 0.25) is 0 Å². The molecule has 3 saturated heterocycles. The predicted octanol–water partition coefficient (Wildman–Crippen LogP) is -1.51. The molecule has 0 spiro atoms. The number of unbranched alkanes of at least 4 members (excludes halogenated alkanes) is 4. The number of amidine groups is 1. The van der Waals surface area contributed by atoms with Gasteiger partial charge in [-0.25, -0.2) is 5.26 Å². The van der Waals surface area contributed by atoms with Crippen LogP contribution in [0.15, 0.2) is 71.7 Å². The fraction of sp³-hybridized carbons (Fsp3) is 0.525. The number of nitrogens with one attached hydrogen (secondary N) is 5. The largest absolute Gasteiger partial charge is 0.504 e. The first-order valence-electron chi connectivity index (χ1n) is 30.9. The van der Waals surface area contributed by atoms with Gasteiger partial charge in [0.25, 0.3) is 18.2 Å². The van der Waals surface area contributed by atoms with Crippen LogP contribution in [-0.4, -0.2) is 233 Å². The van der Waals surface area contributed by atoms with Crippen LogP contribution in [0.25, 0.3) is 21.1 Å². The first-order chi connectivity index (χ1) is 45.9. The number of aliphatic imine (C=N–C) groups is 1. The van der Waals surface area contributed by atoms with Gasteiger partial charge in [-0.15, -0.1) is 10.2 Å². The highest BCUT2D eigenvalue weighted by Gasteiger charge is 2.50. The number of aromatic hydroxyl groups is 1. The molecule has 35 heteroatoms. The normalized spacial score (nSPS) is 24.3. The van der Waals surface area contributed by atoms with Crippen molar-refractivity contribution in [2.24, 2.45) is 22.4 Å². The summed E-state index contributed by atoms with van der Waals surface area (Å²) in [4.78, 5) is 119. The average molecular weight is 1380 g/mol. The zero-order chi connectivity index (χ0) is 69.8. The van der Waals surface area contributed by atoms with Crippen molar-refractivity contribution in [3.63, 3.8) is 0 Å². The van der Waals surface area contributed by atoms with Crippen LogP contribution in [0.4, 0.5) is 0 Å². The Morgan fingerprint density at radius 3 is 2.06 bits per heavy atom. The van der Waals surface area contributed by atoms with E-state index in [0.717, 1.165) is 73.1 Å². The van der Waals surface area contributed by atoms with Gasteiger partial charge in [0, 0.05) is 81.8 Å². The summed E-state index contributed by atoms with van der Waals surface area (Å²) in [5.74, 6) is -10.2. The molecule has 8 amide bonds. The van der Waals surface area contributed by atoms with Crippen molar-refractivity contribution in [2.45, 2.75) is 151 Å². The van der Waals surface area contributed by atoms with Crippen molar-refractivity contribution in [3.05, 3.63) is 77.9 Å². The lowest BCUT2D eigenvalue weighted by atomic mass is 9.98. The Hall–Kier alpha value is -8.20. The molecule has 0 radical (unpaired) electrons. The minimum atomic E-state index is -2.18. The molecule has 13 atom stereocenters. The lowest BCUT2D eigenvalue weighted by Crippen LogP contribution is -2.64. The summed E-state index contributed by atoms with van der Waals surface area (Å²) in [6.45, 7) is 1.84. The standard InChI is InChI=1S/C61H82N12O21S2/c1-31-29-73-51(52(31)81)57(86)65-28-37(75)25-40(66-53(82)34-10-12-35(13-11-34)58-70-71-59(95-58)36-14-16-39(17-15-36)91-22-8-6-4-5-7-21-90-3)54(83)67-48(32(2)74)60(87)72-30-38(76)26-41(72)55(84)68-49(44(79)23-33-9-18-42(77)45(24-33)92-96-94-93-89)56(85)69-50(61(73)88)43(78)19-20-64-46(62)27-47(63)80/h9-18,24,31-32,37-38,40-41,43-44,48-52,74-79,81,89H,4-8,19-23,25-30H2,1-3H3,(H2,62,64)(H2,63,80)(H,65,86)(H,66,82)(H,67,83)(H,68,84)(H,69,85)/t31-,32+,37+,38+,40+,41+,43-,44-,48+,49+,50+,51+,52+/m1/s1. The number of amides is 8. The van der Waals surface area contributed by atoms with Crippen molar-refractivity contribution in [1.29, 1.82) is 0 Å². The maximum atomic E-state index is 15.0. The molecule has 1 aromatic heterocycles. The Morgan fingerprint density at radius 2 is 1.41 bits per heavy atom. The monoisotopic (exact) mass is 1380 g/mol. The molecule has 3 fully saturated rings. The van der Waals surface area contributed by atoms with Gasteiger partial charge < -0.3 is 97.3 Å². The van der Waals surface area contributed by atoms with Crippen LogP contribution in [0, 0.1) is 5.92 Å². The van der Waals surface area contributed by atoms with Gasteiger partial charge in [0.15, 0.2) is 11.5 Å². The summed E-state index contributed by atoms with van der Waals surface area (Å²) in [5.41, 5.74) is 12.5. The third-order valence-electron chi connectivity index (χ3n) is 16.2. The Kier molecular flexibility index (Phi) is 28.4. The number of methoxy groups -OCH3 is 1. The topological polar surface area (TPSA) is 501 Å². The quantitative estimate of drug-likeness (QED) is 0.00806. The molecule has 17 N–H and O–H groups in total. The number of β-amino-alcohol motifs (C(OH)–C–C–N with tert-alkyl or cyclic N) is 1. The maximum Gasteiger partial charge on any atom is 0.261 e. The third-order valence-corrected chi connectivity index (χ3v) is 17.6. The van der Waals surface area contributed by atoms with Crippen molar-refractivity contribution in [1.82, 2.24) is 46.6 Å². The highest BCUT2D eigenvalue weighted by Crippen LogP contribution is 2.33. The molecule has 0 unspecified atom stereocenters. The van der Waals surface area contributed by atoms with E-state index in [-0.39, 0.29) is 41.6 Å². The number of nitrogens with zero attached hydrogens (tertiary/aromatic N) is 5. The number of primary amides is 1. The van der Waals surface area contributed by atoms with Gasteiger partial charge in [0.2, 0.25) is 41.4 Å². The number of phenols is 1. The Morgan fingerprint density at radius 1 is 0.771 bits per heavy atom. The molecular weight excluding hydrogens is 1300 g/mol. The van der Waals surface area contributed by atoms with E-state index in [2.05, 4.69) is 51.1 Å². The number of nitrogens with two attached hydrogens (primary N) is 2. The van der Waals surface area contributed by atoms with E-state index in [9.17, 15) is 74.1 Å². The van der Waals surface area contributed by atoms with Crippen molar-refractivity contribution in [3.8, 4) is 38.4 Å². The molecule has 33 nitrogen and oxygen atoms in total. The molecule has 3 aliphatic heterocycles. The highest BCUT2D eigenvalue weighted by atomic mass is 32.2. The summed E-state index contributed by atoms with van der Waals surface area (Å²) in [6, 6.07) is 5.46. The van der Waals surface area contributed by atoms with Gasteiger partial charge in [-0.1, -0.05) is 65.1 Å². The summed E-state index contributed by atoms with van der Waals surface area (Å²) in [5, 5.41) is 114. The molecule has 4 heterocycles. The highest BCUT2D eigenvalue weighted by molar-refractivity contribution is 7.90. The summed E-state index contributed by atoms with van der Waals surface area (Å²) < 4.78 is 20.4. The molecule has 96 heavy (non-hydrogen) atoms. The number of rotatable bonds is 27. The zero-order valence-corrected chi connectivity index (χ0v) is 54.4. The molecule has 7 rings (SSSR count). The van der Waals surface area contributed by atoms with Crippen LogP contribution in [0.1, 0.15) is 87.6 Å². The van der Waals surface area contributed by atoms with E-state index in [0.29, 0.717) is 27.9 Å². The second-order valence-electron chi connectivity index (χ2n) is 23.5. The number of carbonyl (C=O) groups excluding carboxylic acids is 8. The molecule has 0 bridgehead atoms. The van der Waals surface area contributed by atoms with Crippen LogP contribution in [-0.2, 0) is 54.1 Å². The fourth-order valence-corrected chi connectivity index (χ4v) is 12.2. The van der Waals surface area contributed by atoms with Crippen LogP contribution in [0.5, 0.6) is 17.2 Å². The van der Waals surface area contributed by atoms with E-state index in [1.807, 2.05) is 24.3 Å². The summed E-state index contributed by atoms with van der Waals surface area (Å²) in [7, 11) is 1.69. The van der Waals surface area contributed by atoms with Gasteiger partial charge in [0.05, 0.1) is 49.7 Å². The van der Waals surface area contributed by atoms with Crippen LogP contribution in [0.3, 0.4) is 0 Å². The number of ether oxygens (including phenoxy) is 2. The van der Waals surface area contributed by atoms with E-state index < -0.39 is 184 Å². The second kappa shape index (κ2) is 36.2. The number of hydrogen-bond acceptors (Lipinski definition) is 26. The van der Waals surface area contributed by atoms with Gasteiger partial charge in [-0.3, -0.25) is 43.3 Å². The summed E-state index contributed by atoms with van der Waals surface area (Å²) >= 11 is 1.35. The molecule has 3 aliphatic rings. The Bertz CT molecular complexity index is 3330. The van der Waals surface area contributed by atoms with E-state index >= 15 is 0 Å². The zero-order valence-electron chi connectivity index (χ0n) is 52.8. The molecule has 3 aromatic carbocycles. The number of aliphatic hydroxyl groups excluding tert-OH is 6. The van der Waals surface area contributed by atoms with Gasteiger partial charge in [0.1, 0.15) is 57.9 Å². The van der Waals surface area contributed by atoms with Gasteiger partial charge in [-0.05, 0) is 80.3 Å². The molecule has 4 aromatic rings. The summed E-state index contributed by atoms with van der Waals surface area (Å²) in [6.07, 6.45) is -8.23. The minimum Gasteiger partial charge on any atom is -0.504 e. The van der Waals surface area contributed by atoms with Crippen LogP contribution < -0.4 is 47.0 Å². The number of aliphatic hydroxyl groups is 6. The number of carbonyl (C=O) groups is 8. The van der Waals surface area contributed by atoms with Gasteiger partial charge >= 0.3 is 0 Å². The van der Waals surface area contributed by atoms with E-state index in [1.165, 1.54) is 36.5 Å². The molecular formula is C61H82N12O21S2. The van der Waals surface area contributed by atoms with Crippen molar-refractivity contribution < 1.29 is 102 Å². The first kappa shape index (κ1) is 75.2. The Balaban J connectivity index is 1.17. The minimum absolute atomic E-state index is 0.000792. The van der Waals surface area contributed by atoms with Gasteiger partial charge in [-0.2, -0.15) is 0 Å². The number of fused-ring (bicyclic) bond motifs is 2. The van der Waals surface area contributed by atoms with Crippen molar-refractivity contribution >= 4 is 76.8 Å². The molecule has 0 saturated carbocycles. The predicted molar refractivity (Wildman–Crippen MR) is 342 cm³/mol. The maximum absolute atomic E-state index is 15.0. The smallest absolute Gasteiger partial charge is 0.261 e. The molecule has 0 aliphatic carbocycles. The lowest BCUT2D eigenvalue weighted by molar-refractivity contribution is -0.433. The lowest BCUT2D eigenvalue weighted by Gasteiger charge is -2.34. The first-order valence-corrected chi connectivity index (χ1v) is 32.4. The molecule has 524 valence electrons. The van der Waals surface area contributed by atoms with E-state index in [1.54, 1.807) is 19.2 Å². The second-order valence-corrected chi connectivity index (χ2v) is 24.9. The average Bonchev–Trinajstić information content (AvgIpc) is 1.62. The van der Waals surface area contributed by atoms with Crippen LogP contribution >= 0.6 is 23.7 Å². The number of hydrogen-bond donors (Lipinski definition) is 15. The number of aromatic nitrogens is 2. The Labute approximate surface area is 559 Å². The number of phenolic OH excluding ortho intramolecular Hbond substituents is 1. The van der Waals surface area contributed by atoms with Crippen molar-refractivity contribution in [2.75, 3.05) is 46.5 Å². The SMILES string of the molecule is COCCCCCCCOc1ccc(-c2nnc(-c3ccc(C(=O)N[C@H]4C[C@H](O)CNC(=O)[C@@H]5[C@@H](O)[C@H](C)CN5C(=O)[C@H]([C@H](O)CCN=C(N)CC(N)=O)NC(=O)[C@H]([C@H](O)Cc5ccc(O)c(OSOOO)c5)NC(=O)[C@@H]5C[C@H](O)CN5C(=O)[C@H]([C@H](C)O)NC4=O)cc3)s2)cc1. The third kappa shape index (κ3) is 20.9. The fourth-order valence-electron chi connectivity index (χ4n) is 11.1. The number of benzene rings is 3.